The zero-order chi connectivity index (χ0) is 6.69. The smallest absolute Gasteiger partial charge is 0.150 e. The summed E-state index contributed by atoms with van der Waals surface area (Å²) in [5.74, 6) is 0. The van der Waals surface area contributed by atoms with Gasteiger partial charge in [-0.25, -0.2) is 0 Å². The highest BCUT2D eigenvalue weighted by Crippen LogP contribution is 1.97. The summed E-state index contributed by atoms with van der Waals surface area (Å²) in [6.07, 6.45) is 0.791. The molecule has 0 aliphatic rings. The first-order valence-corrected chi connectivity index (χ1v) is 2.76. The molecule has 0 N–H and O–H groups in total. The van der Waals surface area contributed by atoms with E-state index in [9.17, 15) is 4.79 Å². The molecule has 0 aliphatic heterocycles. The quantitative estimate of drug-likeness (QED) is 0.513. The lowest BCUT2D eigenvalue weighted by Crippen LogP contribution is -1.78. The van der Waals surface area contributed by atoms with Crippen LogP contribution in [0.15, 0.2) is 18.2 Å². The Hall–Kier alpha value is -1.11. The van der Waals surface area contributed by atoms with E-state index in [-0.39, 0.29) is 0 Å². The van der Waals surface area contributed by atoms with Crippen molar-refractivity contribution in [3.05, 3.63) is 35.4 Å². The van der Waals surface area contributed by atoms with Crippen molar-refractivity contribution in [2.24, 2.45) is 0 Å². The number of aryl methyl sites for hydroxylation is 1. The molecule has 0 fully saturated rings. The van der Waals surface area contributed by atoms with Crippen LogP contribution in [0.4, 0.5) is 0 Å². The molecule has 0 spiro atoms. The number of rotatable bonds is 1. The first-order chi connectivity index (χ1) is 4.33. The van der Waals surface area contributed by atoms with Gasteiger partial charge in [0, 0.05) is 5.56 Å². The Morgan fingerprint density at radius 1 is 1.56 bits per heavy atom. The molecule has 1 aromatic carbocycles. The summed E-state index contributed by atoms with van der Waals surface area (Å²) >= 11 is 0. The first kappa shape index (κ1) is 6.02. The van der Waals surface area contributed by atoms with E-state index in [1.165, 1.54) is 0 Å². The fourth-order valence-corrected chi connectivity index (χ4v) is 0.588. The number of carbonyl (C=O) groups excluding carboxylic acids is 1. The summed E-state index contributed by atoms with van der Waals surface area (Å²) in [5, 5.41) is 0. The predicted octanol–water partition coefficient (Wildman–Crippen LogP) is 1.61. The van der Waals surface area contributed by atoms with Crippen LogP contribution >= 0.6 is 0 Å². The van der Waals surface area contributed by atoms with Gasteiger partial charge in [0.1, 0.15) is 0 Å². The van der Waals surface area contributed by atoms with Gasteiger partial charge in [-0.1, -0.05) is 23.8 Å². The van der Waals surface area contributed by atoms with E-state index in [1.54, 1.807) is 12.1 Å². The zero-order valence-electron chi connectivity index (χ0n) is 5.22. The van der Waals surface area contributed by atoms with Crippen LogP contribution in [0, 0.1) is 13.0 Å². The van der Waals surface area contributed by atoms with Crippen molar-refractivity contribution >= 4 is 6.29 Å². The molecule has 1 heteroatoms. The third-order valence-corrected chi connectivity index (χ3v) is 1.12. The molecule has 0 aromatic heterocycles. The Kier molecular flexibility index (Phi) is 1.63. The van der Waals surface area contributed by atoms with Crippen LogP contribution in [0.1, 0.15) is 15.9 Å². The minimum absolute atomic E-state index is 0.612. The highest BCUT2D eigenvalue weighted by atomic mass is 16.1. The van der Waals surface area contributed by atoms with E-state index < -0.39 is 0 Å². The monoisotopic (exact) mass is 119 g/mol. The van der Waals surface area contributed by atoms with E-state index in [1.807, 2.05) is 13.0 Å². The van der Waals surface area contributed by atoms with Crippen LogP contribution in [0.3, 0.4) is 0 Å². The summed E-state index contributed by atoms with van der Waals surface area (Å²) in [6.45, 7) is 1.96. The van der Waals surface area contributed by atoms with Gasteiger partial charge in [-0.05, 0) is 13.0 Å². The van der Waals surface area contributed by atoms with E-state index in [4.69, 9.17) is 0 Å². The Morgan fingerprint density at radius 3 is 2.78 bits per heavy atom. The molecule has 1 nitrogen and oxygen atoms in total. The summed E-state index contributed by atoms with van der Waals surface area (Å²) in [4.78, 5) is 10.1. The molecule has 0 saturated heterocycles. The largest absolute Gasteiger partial charge is 0.298 e. The maximum absolute atomic E-state index is 10.1. The van der Waals surface area contributed by atoms with Gasteiger partial charge in [-0.15, -0.1) is 0 Å². The molecule has 0 aliphatic carbocycles. The second kappa shape index (κ2) is 2.44. The summed E-state index contributed by atoms with van der Waals surface area (Å²) in [5.41, 5.74) is 1.74. The van der Waals surface area contributed by atoms with Crippen molar-refractivity contribution in [2.45, 2.75) is 6.92 Å². The molecule has 0 unspecified atom stereocenters. The lowest BCUT2D eigenvalue weighted by molar-refractivity contribution is 0.112. The minimum Gasteiger partial charge on any atom is -0.298 e. The molecule has 0 heterocycles. The molecule has 1 aromatic rings. The van der Waals surface area contributed by atoms with Gasteiger partial charge in [0.15, 0.2) is 6.29 Å². The van der Waals surface area contributed by atoms with Gasteiger partial charge in [0.2, 0.25) is 0 Å². The minimum atomic E-state index is 0.612. The SMILES string of the molecule is Cc1c[c]c(C=O)cc1. The Bertz CT molecular complexity index is 198. The highest BCUT2D eigenvalue weighted by Gasteiger charge is 1.85. The first-order valence-electron chi connectivity index (χ1n) is 2.76. The fourth-order valence-electron chi connectivity index (χ4n) is 0.588. The summed E-state index contributed by atoms with van der Waals surface area (Å²) in [7, 11) is 0. The molecular formula is C8H7O. The Labute approximate surface area is 54.3 Å². The third kappa shape index (κ3) is 1.39. The molecule has 45 valence electrons. The van der Waals surface area contributed by atoms with Gasteiger partial charge in [-0.3, -0.25) is 4.79 Å². The van der Waals surface area contributed by atoms with Crippen molar-refractivity contribution in [2.75, 3.05) is 0 Å². The lowest BCUT2D eigenvalue weighted by atomic mass is 10.2. The second-order valence-corrected chi connectivity index (χ2v) is 1.94. The maximum Gasteiger partial charge on any atom is 0.150 e. The summed E-state index contributed by atoms with van der Waals surface area (Å²) < 4.78 is 0. The Morgan fingerprint density at radius 2 is 2.33 bits per heavy atom. The standard InChI is InChI=1S/C8H7O/c1-7-2-4-8(6-9)5-3-7/h2-4,6H,1H3. The summed E-state index contributed by atoms with van der Waals surface area (Å²) in [6, 6.07) is 8.26. The van der Waals surface area contributed by atoms with E-state index >= 15 is 0 Å². The lowest BCUT2D eigenvalue weighted by Gasteiger charge is -1.88. The highest BCUT2D eigenvalue weighted by molar-refractivity contribution is 5.74. The van der Waals surface area contributed by atoms with Crippen molar-refractivity contribution in [3.63, 3.8) is 0 Å². The zero-order valence-corrected chi connectivity index (χ0v) is 5.22. The molecule has 1 rings (SSSR count). The second-order valence-electron chi connectivity index (χ2n) is 1.94. The number of benzene rings is 1. The maximum atomic E-state index is 10.1. The molecule has 0 bridgehead atoms. The number of carbonyl (C=O) groups is 1. The van der Waals surface area contributed by atoms with Gasteiger partial charge in [-0.2, -0.15) is 0 Å². The van der Waals surface area contributed by atoms with Crippen LogP contribution < -0.4 is 0 Å². The van der Waals surface area contributed by atoms with Gasteiger partial charge in [0.05, 0.1) is 0 Å². The van der Waals surface area contributed by atoms with Crippen LogP contribution in [-0.2, 0) is 0 Å². The van der Waals surface area contributed by atoms with Crippen molar-refractivity contribution < 1.29 is 4.79 Å². The van der Waals surface area contributed by atoms with E-state index in [0.29, 0.717) is 5.56 Å². The number of aldehydes is 1. The number of hydrogen-bond acceptors (Lipinski definition) is 1. The number of hydrogen-bond donors (Lipinski definition) is 0. The van der Waals surface area contributed by atoms with Crippen LogP contribution in [0.2, 0.25) is 0 Å². The average molecular weight is 119 g/mol. The normalized spacial score (nSPS) is 9.00. The van der Waals surface area contributed by atoms with Crippen molar-refractivity contribution in [1.82, 2.24) is 0 Å². The van der Waals surface area contributed by atoms with Crippen LogP contribution in [0.5, 0.6) is 0 Å². The molecule has 9 heavy (non-hydrogen) atoms. The van der Waals surface area contributed by atoms with E-state index in [0.717, 1.165) is 11.8 Å². The molecule has 0 atom stereocenters. The van der Waals surface area contributed by atoms with Crippen LogP contribution in [-0.4, -0.2) is 6.29 Å². The Balaban J connectivity index is 3.01. The van der Waals surface area contributed by atoms with Crippen molar-refractivity contribution in [3.8, 4) is 0 Å². The van der Waals surface area contributed by atoms with Gasteiger partial charge >= 0.3 is 0 Å². The molecular weight excluding hydrogens is 112 g/mol. The topological polar surface area (TPSA) is 17.1 Å². The molecule has 0 amide bonds. The predicted molar refractivity (Wildman–Crippen MR) is 35.4 cm³/mol. The van der Waals surface area contributed by atoms with Crippen molar-refractivity contribution in [1.29, 1.82) is 0 Å². The van der Waals surface area contributed by atoms with E-state index in [2.05, 4.69) is 6.07 Å². The molecule has 1 radical (unpaired) electrons. The average Bonchev–Trinajstić information content (AvgIpc) is 1.90. The van der Waals surface area contributed by atoms with Gasteiger partial charge in [0.25, 0.3) is 0 Å². The fraction of sp³-hybridized carbons (Fsp3) is 0.125. The van der Waals surface area contributed by atoms with Gasteiger partial charge < -0.3 is 0 Å². The third-order valence-electron chi connectivity index (χ3n) is 1.12. The molecule has 0 saturated carbocycles. The van der Waals surface area contributed by atoms with Crippen LogP contribution in [0.25, 0.3) is 0 Å².